The van der Waals surface area contributed by atoms with E-state index in [4.69, 9.17) is 16.3 Å². The monoisotopic (exact) mass is 332 g/mol. The highest BCUT2D eigenvalue weighted by Gasteiger charge is 2.17. The fourth-order valence-corrected chi connectivity index (χ4v) is 2.51. The third-order valence-electron chi connectivity index (χ3n) is 3.52. The maximum Gasteiger partial charge on any atom is 0.270 e. The molecule has 6 nitrogen and oxygen atoms in total. The first-order chi connectivity index (χ1) is 11.2. The fraction of sp³-hybridized carbons (Fsp3) is 0.312. The number of hydrogen-bond acceptors (Lipinski definition) is 5. The normalized spacial score (nSPS) is 17.0. The summed E-state index contributed by atoms with van der Waals surface area (Å²) in [5.41, 5.74) is 0.985. The van der Waals surface area contributed by atoms with Gasteiger partial charge in [-0.3, -0.25) is 4.79 Å². The number of nitrogens with one attached hydrogen (secondary N) is 2. The number of carbonyl (C=O) groups is 1. The van der Waals surface area contributed by atoms with Gasteiger partial charge in [0.2, 0.25) is 5.95 Å². The van der Waals surface area contributed by atoms with Crippen LogP contribution in [0.2, 0.25) is 5.02 Å². The molecule has 0 saturated carbocycles. The molecule has 3 rings (SSSR count). The summed E-state index contributed by atoms with van der Waals surface area (Å²) in [6.45, 7) is 1.26. The largest absolute Gasteiger partial charge is 0.376 e. The Labute approximate surface area is 139 Å². The minimum Gasteiger partial charge on any atom is -0.376 e. The summed E-state index contributed by atoms with van der Waals surface area (Å²) in [5, 5.41) is 6.40. The number of ether oxygens (including phenoxy) is 1. The van der Waals surface area contributed by atoms with Gasteiger partial charge in [0, 0.05) is 19.3 Å². The summed E-state index contributed by atoms with van der Waals surface area (Å²) in [5.74, 6) is 0.0768. The number of anilines is 2. The van der Waals surface area contributed by atoms with Crippen molar-refractivity contribution in [1.29, 1.82) is 0 Å². The highest BCUT2D eigenvalue weighted by Crippen LogP contribution is 2.23. The number of nitrogens with zero attached hydrogens (tertiary/aromatic N) is 2. The molecular weight excluding hydrogens is 316 g/mol. The highest BCUT2D eigenvalue weighted by atomic mass is 35.5. The molecule has 0 radical (unpaired) electrons. The van der Waals surface area contributed by atoms with E-state index in [1.807, 2.05) is 18.2 Å². The van der Waals surface area contributed by atoms with Crippen molar-refractivity contribution < 1.29 is 9.53 Å². The van der Waals surface area contributed by atoms with Gasteiger partial charge in [-0.1, -0.05) is 23.7 Å². The number of amides is 1. The SMILES string of the molecule is O=C(NCC1CCCO1)c1ccnc(Nc2ccccc2Cl)n1. The van der Waals surface area contributed by atoms with Crippen molar-refractivity contribution in [2.24, 2.45) is 0 Å². The van der Waals surface area contributed by atoms with E-state index in [0.717, 1.165) is 19.4 Å². The van der Waals surface area contributed by atoms with E-state index in [1.54, 1.807) is 12.1 Å². The first-order valence-corrected chi connectivity index (χ1v) is 7.84. The van der Waals surface area contributed by atoms with Gasteiger partial charge in [-0.15, -0.1) is 0 Å². The van der Waals surface area contributed by atoms with Crippen molar-refractivity contribution in [3.05, 3.63) is 47.2 Å². The molecule has 2 N–H and O–H groups in total. The van der Waals surface area contributed by atoms with Gasteiger partial charge in [-0.05, 0) is 31.0 Å². The van der Waals surface area contributed by atoms with Crippen molar-refractivity contribution in [3.8, 4) is 0 Å². The predicted octanol–water partition coefficient (Wildman–Crippen LogP) is 2.78. The van der Waals surface area contributed by atoms with Crippen LogP contribution in [0.4, 0.5) is 11.6 Å². The number of carbonyl (C=O) groups excluding carboxylic acids is 1. The molecule has 23 heavy (non-hydrogen) atoms. The molecule has 2 aromatic rings. The van der Waals surface area contributed by atoms with Gasteiger partial charge >= 0.3 is 0 Å². The van der Waals surface area contributed by atoms with Crippen LogP contribution in [0.15, 0.2) is 36.5 Å². The van der Waals surface area contributed by atoms with Crippen molar-refractivity contribution in [2.45, 2.75) is 18.9 Å². The van der Waals surface area contributed by atoms with Gasteiger partial charge in [0.15, 0.2) is 0 Å². The standard InChI is InChI=1S/C16H17ClN4O2/c17-12-5-1-2-6-13(12)20-16-18-8-7-14(21-16)15(22)19-10-11-4-3-9-23-11/h1-2,5-8,11H,3-4,9-10H2,(H,19,22)(H,18,20,21). The Hall–Kier alpha value is -2.18. The summed E-state index contributed by atoms with van der Waals surface area (Å²) in [4.78, 5) is 20.5. The minimum atomic E-state index is -0.245. The van der Waals surface area contributed by atoms with Crippen LogP contribution >= 0.6 is 11.6 Å². The lowest BCUT2D eigenvalue weighted by molar-refractivity contribution is 0.0853. The summed E-state index contributed by atoms with van der Waals surface area (Å²) in [6, 6.07) is 8.84. The minimum absolute atomic E-state index is 0.0986. The summed E-state index contributed by atoms with van der Waals surface area (Å²) in [7, 11) is 0. The van der Waals surface area contributed by atoms with Gasteiger partial charge < -0.3 is 15.4 Å². The van der Waals surface area contributed by atoms with Gasteiger partial charge in [-0.25, -0.2) is 9.97 Å². The Morgan fingerprint density at radius 2 is 2.22 bits per heavy atom. The number of rotatable bonds is 5. The number of aromatic nitrogens is 2. The molecule has 0 bridgehead atoms. The molecule has 1 unspecified atom stereocenters. The number of benzene rings is 1. The second kappa shape index (κ2) is 7.39. The molecule has 1 aliphatic heterocycles. The van der Waals surface area contributed by atoms with Crippen molar-refractivity contribution in [1.82, 2.24) is 15.3 Å². The lowest BCUT2D eigenvalue weighted by atomic mass is 10.2. The molecule has 1 aromatic carbocycles. The average Bonchev–Trinajstić information content (AvgIpc) is 3.08. The number of halogens is 1. The van der Waals surface area contributed by atoms with Crippen LogP contribution in [0.5, 0.6) is 0 Å². The van der Waals surface area contributed by atoms with E-state index in [9.17, 15) is 4.79 Å². The van der Waals surface area contributed by atoms with E-state index >= 15 is 0 Å². The molecule has 1 atom stereocenters. The maximum atomic E-state index is 12.2. The third kappa shape index (κ3) is 4.18. The Balaban J connectivity index is 1.64. The molecule has 1 fully saturated rings. The van der Waals surface area contributed by atoms with E-state index < -0.39 is 0 Å². The van der Waals surface area contributed by atoms with Crippen molar-refractivity contribution in [2.75, 3.05) is 18.5 Å². The van der Waals surface area contributed by atoms with E-state index in [-0.39, 0.29) is 12.0 Å². The zero-order chi connectivity index (χ0) is 16.1. The zero-order valence-corrected chi connectivity index (χ0v) is 13.2. The Morgan fingerprint density at radius 3 is 3.00 bits per heavy atom. The summed E-state index contributed by atoms with van der Waals surface area (Å²) >= 11 is 6.09. The van der Waals surface area contributed by atoms with Crippen molar-refractivity contribution in [3.63, 3.8) is 0 Å². The Bertz CT molecular complexity index is 689. The van der Waals surface area contributed by atoms with E-state index in [1.165, 1.54) is 6.20 Å². The van der Waals surface area contributed by atoms with Gasteiger partial charge in [0.25, 0.3) is 5.91 Å². The van der Waals surface area contributed by atoms with Crippen LogP contribution < -0.4 is 10.6 Å². The summed E-state index contributed by atoms with van der Waals surface area (Å²) in [6.07, 6.45) is 3.65. The molecule has 1 aromatic heterocycles. The van der Waals surface area contributed by atoms with Crippen molar-refractivity contribution >= 4 is 29.1 Å². The highest BCUT2D eigenvalue weighted by molar-refractivity contribution is 6.33. The van der Waals surface area contributed by atoms with Gasteiger partial charge in [0.05, 0.1) is 16.8 Å². The third-order valence-corrected chi connectivity index (χ3v) is 3.85. The maximum absolute atomic E-state index is 12.2. The predicted molar refractivity (Wildman–Crippen MR) is 88.1 cm³/mol. The molecule has 1 saturated heterocycles. The molecule has 0 aliphatic carbocycles. The quantitative estimate of drug-likeness (QED) is 0.880. The van der Waals surface area contributed by atoms with Crippen LogP contribution in [0, 0.1) is 0 Å². The van der Waals surface area contributed by atoms with Crippen LogP contribution in [0.1, 0.15) is 23.3 Å². The van der Waals surface area contributed by atoms with E-state index in [0.29, 0.717) is 28.9 Å². The molecular formula is C16H17ClN4O2. The lowest BCUT2D eigenvalue weighted by Gasteiger charge is -2.11. The molecule has 7 heteroatoms. The zero-order valence-electron chi connectivity index (χ0n) is 12.5. The molecule has 0 spiro atoms. The molecule has 2 heterocycles. The lowest BCUT2D eigenvalue weighted by Crippen LogP contribution is -2.32. The van der Waals surface area contributed by atoms with Crippen LogP contribution in [-0.4, -0.2) is 35.1 Å². The first kappa shape index (κ1) is 15.7. The van der Waals surface area contributed by atoms with Gasteiger partial charge in [-0.2, -0.15) is 0 Å². The first-order valence-electron chi connectivity index (χ1n) is 7.47. The molecule has 1 amide bonds. The average molecular weight is 333 g/mol. The second-order valence-corrected chi connectivity index (χ2v) is 5.62. The topological polar surface area (TPSA) is 76.1 Å². The molecule has 1 aliphatic rings. The van der Waals surface area contributed by atoms with Crippen LogP contribution in [0.3, 0.4) is 0 Å². The fourth-order valence-electron chi connectivity index (χ4n) is 2.33. The number of para-hydroxylation sites is 1. The van der Waals surface area contributed by atoms with Crippen LogP contribution in [0.25, 0.3) is 0 Å². The Kier molecular flexibility index (Phi) is 5.05. The van der Waals surface area contributed by atoms with Gasteiger partial charge in [0.1, 0.15) is 5.69 Å². The Morgan fingerprint density at radius 1 is 1.35 bits per heavy atom. The summed E-state index contributed by atoms with van der Waals surface area (Å²) < 4.78 is 5.48. The van der Waals surface area contributed by atoms with E-state index in [2.05, 4.69) is 20.6 Å². The smallest absolute Gasteiger partial charge is 0.270 e. The van der Waals surface area contributed by atoms with Crippen LogP contribution in [-0.2, 0) is 4.74 Å². The molecule has 120 valence electrons. The number of hydrogen-bond donors (Lipinski definition) is 2. The second-order valence-electron chi connectivity index (χ2n) is 5.22.